The third kappa shape index (κ3) is 3.67. The molecule has 0 spiro atoms. The molecule has 2 fully saturated rings. The summed E-state index contributed by atoms with van der Waals surface area (Å²) >= 11 is 6.08. The largest absolute Gasteiger partial charge is 0.419 e. The third-order valence-corrected chi connectivity index (χ3v) is 6.31. The number of likely N-dealkylation sites (tertiary alicyclic amines) is 2. The second kappa shape index (κ2) is 8.21. The van der Waals surface area contributed by atoms with Gasteiger partial charge in [-0.15, -0.1) is 10.2 Å². The Hall–Kier alpha value is -1.92. The van der Waals surface area contributed by atoms with E-state index >= 15 is 0 Å². The molecule has 150 valence electrons. The van der Waals surface area contributed by atoms with E-state index in [9.17, 15) is 4.79 Å². The number of halogens is 1. The lowest BCUT2D eigenvalue weighted by Gasteiger charge is -2.37. The molecule has 0 radical (unpaired) electrons. The van der Waals surface area contributed by atoms with Gasteiger partial charge in [-0.05, 0) is 57.4 Å². The number of aromatic nitrogens is 2. The number of benzene rings is 1. The molecule has 1 amide bonds. The summed E-state index contributed by atoms with van der Waals surface area (Å²) in [6, 6.07) is 8.12. The van der Waals surface area contributed by atoms with Gasteiger partial charge in [0.25, 0.3) is 0 Å². The van der Waals surface area contributed by atoms with Crippen molar-refractivity contribution in [2.75, 3.05) is 13.1 Å². The second-order valence-corrected chi connectivity index (χ2v) is 8.17. The molecule has 4 rings (SSSR count). The van der Waals surface area contributed by atoms with Crippen LogP contribution in [0.15, 0.2) is 28.7 Å². The van der Waals surface area contributed by atoms with Gasteiger partial charge < -0.3 is 9.32 Å². The number of amides is 1. The van der Waals surface area contributed by atoms with Gasteiger partial charge in [0.2, 0.25) is 17.7 Å². The van der Waals surface area contributed by atoms with Crippen molar-refractivity contribution in [2.45, 2.75) is 64.1 Å². The van der Waals surface area contributed by atoms with Gasteiger partial charge in [0.1, 0.15) is 0 Å². The van der Waals surface area contributed by atoms with Crippen molar-refractivity contribution in [3.63, 3.8) is 0 Å². The highest BCUT2D eigenvalue weighted by Gasteiger charge is 2.41. The topological polar surface area (TPSA) is 62.5 Å². The van der Waals surface area contributed by atoms with Gasteiger partial charge in [0.05, 0.1) is 6.04 Å². The maximum atomic E-state index is 12.4. The van der Waals surface area contributed by atoms with Crippen LogP contribution in [0, 0.1) is 0 Å². The highest BCUT2D eigenvalue weighted by atomic mass is 35.5. The predicted molar refractivity (Wildman–Crippen MR) is 108 cm³/mol. The highest BCUT2D eigenvalue weighted by molar-refractivity contribution is 6.30. The lowest BCUT2D eigenvalue weighted by Crippen LogP contribution is -2.48. The summed E-state index contributed by atoms with van der Waals surface area (Å²) in [4.78, 5) is 16.9. The number of carbonyl (C=O) groups excluding carboxylic acids is 1. The van der Waals surface area contributed by atoms with Gasteiger partial charge in [-0.25, -0.2) is 0 Å². The van der Waals surface area contributed by atoms with Gasteiger partial charge >= 0.3 is 0 Å². The molecule has 2 aromatic rings. The maximum absolute atomic E-state index is 12.4. The van der Waals surface area contributed by atoms with Crippen LogP contribution >= 0.6 is 11.6 Å². The van der Waals surface area contributed by atoms with E-state index < -0.39 is 0 Å². The van der Waals surface area contributed by atoms with Crippen LogP contribution in [0.4, 0.5) is 0 Å². The molecule has 3 atom stereocenters. The van der Waals surface area contributed by atoms with Crippen molar-refractivity contribution >= 4 is 17.5 Å². The van der Waals surface area contributed by atoms with Crippen LogP contribution in [0.5, 0.6) is 0 Å². The Kier molecular flexibility index (Phi) is 5.69. The van der Waals surface area contributed by atoms with Crippen LogP contribution in [0.2, 0.25) is 5.02 Å². The fourth-order valence-electron chi connectivity index (χ4n) is 4.70. The number of rotatable bonds is 5. The lowest BCUT2D eigenvalue weighted by molar-refractivity contribution is -0.132. The molecule has 0 saturated carbocycles. The van der Waals surface area contributed by atoms with Gasteiger partial charge in [-0.2, -0.15) is 0 Å². The van der Waals surface area contributed by atoms with Crippen molar-refractivity contribution in [3.8, 4) is 11.5 Å². The zero-order valence-electron chi connectivity index (χ0n) is 16.5. The van der Waals surface area contributed by atoms with Crippen molar-refractivity contribution in [1.82, 2.24) is 20.0 Å². The van der Waals surface area contributed by atoms with E-state index in [1.54, 1.807) is 0 Å². The van der Waals surface area contributed by atoms with Crippen molar-refractivity contribution in [3.05, 3.63) is 35.2 Å². The molecular formula is C21H27ClN4O2. The normalized spacial score (nSPS) is 24.0. The molecule has 0 N–H and O–H groups in total. The van der Waals surface area contributed by atoms with Crippen molar-refractivity contribution < 1.29 is 9.21 Å². The van der Waals surface area contributed by atoms with E-state index in [1.165, 1.54) is 0 Å². The van der Waals surface area contributed by atoms with E-state index in [0.29, 0.717) is 35.3 Å². The highest BCUT2D eigenvalue weighted by Crippen LogP contribution is 2.36. The molecular weight excluding hydrogens is 376 g/mol. The van der Waals surface area contributed by atoms with Crippen LogP contribution in [0.25, 0.3) is 11.5 Å². The van der Waals surface area contributed by atoms with E-state index in [2.05, 4.69) is 26.9 Å². The minimum atomic E-state index is 0.0205. The summed E-state index contributed by atoms with van der Waals surface area (Å²) in [6.07, 6.45) is 4.99. The second-order valence-electron chi connectivity index (χ2n) is 7.73. The molecule has 2 aliphatic rings. The van der Waals surface area contributed by atoms with E-state index in [4.69, 9.17) is 16.0 Å². The molecule has 2 aliphatic heterocycles. The molecule has 1 aromatic carbocycles. The van der Waals surface area contributed by atoms with Crippen LogP contribution in [0.3, 0.4) is 0 Å². The first-order valence-electron chi connectivity index (χ1n) is 10.2. The summed E-state index contributed by atoms with van der Waals surface area (Å²) in [5.41, 5.74) is 0.826. The van der Waals surface area contributed by atoms with Gasteiger partial charge in [0, 0.05) is 35.6 Å². The number of hydrogen-bond acceptors (Lipinski definition) is 5. The van der Waals surface area contributed by atoms with E-state index in [1.807, 2.05) is 31.2 Å². The summed E-state index contributed by atoms with van der Waals surface area (Å²) < 4.78 is 6.00. The fraction of sp³-hybridized carbons (Fsp3) is 0.571. The van der Waals surface area contributed by atoms with Crippen LogP contribution < -0.4 is 0 Å². The van der Waals surface area contributed by atoms with Crippen LogP contribution in [-0.4, -0.2) is 51.1 Å². The van der Waals surface area contributed by atoms with Crippen LogP contribution in [-0.2, 0) is 4.79 Å². The Bertz CT molecular complexity index is 839. The molecule has 0 aliphatic carbocycles. The molecule has 3 heterocycles. The first kappa shape index (κ1) is 19.4. The first-order chi connectivity index (χ1) is 13.6. The standard InChI is InChI=1S/C21H27ClN4O2/c1-3-19(27)26-12-6-10-18(26)17-9-5-11-25(17)14(2)20-23-24-21(28-20)15-7-4-8-16(22)13-15/h4,7-8,13-14,17-18H,3,5-6,9-12H2,1-2H3/t14-,17-,18+/m0/s1. The van der Waals surface area contributed by atoms with Gasteiger partial charge in [-0.3, -0.25) is 9.69 Å². The molecule has 0 bridgehead atoms. The Morgan fingerprint density at radius 1 is 1.25 bits per heavy atom. The van der Waals surface area contributed by atoms with E-state index in [-0.39, 0.29) is 11.9 Å². The molecule has 1 aromatic heterocycles. The molecule has 2 saturated heterocycles. The number of hydrogen-bond donors (Lipinski definition) is 0. The smallest absolute Gasteiger partial charge is 0.247 e. The van der Waals surface area contributed by atoms with Gasteiger partial charge in [0.15, 0.2) is 0 Å². The zero-order valence-corrected chi connectivity index (χ0v) is 17.2. The Morgan fingerprint density at radius 3 is 2.82 bits per heavy atom. The first-order valence-corrected chi connectivity index (χ1v) is 10.6. The minimum Gasteiger partial charge on any atom is -0.419 e. The summed E-state index contributed by atoms with van der Waals surface area (Å²) in [5.74, 6) is 1.38. The van der Waals surface area contributed by atoms with E-state index in [0.717, 1.165) is 44.3 Å². The fourth-order valence-corrected chi connectivity index (χ4v) is 4.89. The summed E-state index contributed by atoms with van der Waals surface area (Å²) in [7, 11) is 0. The third-order valence-electron chi connectivity index (χ3n) is 6.08. The zero-order chi connectivity index (χ0) is 19.7. The van der Waals surface area contributed by atoms with Crippen molar-refractivity contribution in [1.29, 1.82) is 0 Å². The molecule has 7 heteroatoms. The minimum absolute atomic E-state index is 0.0205. The Morgan fingerprint density at radius 2 is 2.04 bits per heavy atom. The predicted octanol–water partition coefficient (Wildman–Crippen LogP) is 4.32. The summed E-state index contributed by atoms with van der Waals surface area (Å²) in [6.45, 7) is 5.94. The number of carbonyl (C=O) groups is 1. The maximum Gasteiger partial charge on any atom is 0.247 e. The molecule has 6 nitrogen and oxygen atoms in total. The number of nitrogens with zero attached hydrogens (tertiary/aromatic N) is 4. The Balaban J connectivity index is 1.53. The quantitative estimate of drug-likeness (QED) is 0.745. The van der Waals surface area contributed by atoms with Crippen LogP contribution in [0.1, 0.15) is 57.9 Å². The average Bonchev–Trinajstić information content (AvgIpc) is 3.46. The van der Waals surface area contributed by atoms with Gasteiger partial charge in [-0.1, -0.05) is 24.6 Å². The lowest BCUT2D eigenvalue weighted by atomic mass is 10.0. The summed E-state index contributed by atoms with van der Waals surface area (Å²) in [5, 5.41) is 9.19. The molecule has 0 unspecified atom stereocenters. The SMILES string of the molecule is CCC(=O)N1CCC[C@@H]1[C@@H]1CCCN1[C@@H](C)c1nnc(-c2cccc(Cl)c2)o1. The van der Waals surface area contributed by atoms with Crippen molar-refractivity contribution in [2.24, 2.45) is 0 Å². The Labute approximate surface area is 170 Å². The molecule has 28 heavy (non-hydrogen) atoms. The monoisotopic (exact) mass is 402 g/mol. The average molecular weight is 403 g/mol.